The Morgan fingerprint density at radius 3 is 2.09 bits per heavy atom. The highest BCUT2D eigenvalue weighted by atomic mass is 32.2. The van der Waals surface area contributed by atoms with Crippen LogP contribution in [0.3, 0.4) is 0 Å². The van der Waals surface area contributed by atoms with Crippen LogP contribution in [0, 0.1) is 22.0 Å². The first-order chi connectivity index (χ1) is 16.2. The predicted molar refractivity (Wildman–Crippen MR) is 126 cm³/mol. The zero-order valence-electron chi connectivity index (χ0n) is 18.8. The maximum Gasteiger partial charge on any atom is 0.289 e. The van der Waals surface area contributed by atoms with Crippen molar-refractivity contribution < 1.29 is 23.2 Å². The van der Waals surface area contributed by atoms with Gasteiger partial charge in [-0.15, -0.1) is 0 Å². The summed E-state index contributed by atoms with van der Waals surface area (Å²) in [6.45, 7) is 0.692. The van der Waals surface area contributed by atoms with Gasteiger partial charge in [0, 0.05) is 32.0 Å². The fourth-order valence-corrected chi connectivity index (χ4v) is 6.22. The molecule has 0 heterocycles. The molecule has 9 nitrogen and oxygen atoms in total. The number of rotatable bonds is 8. The first kappa shape index (κ1) is 24.3. The van der Waals surface area contributed by atoms with Crippen molar-refractivity contribution >= 4 is 21.6 Å². The molecule has 0 atom stereocenters. The topological polar surface area (TPSA) is 139 Å². The van der Waals surface area contributed by atoms with E-state index in [9.17, 15) is 28.4 Å². The lowest BCUT2D eigenvalue weighted by atomic mass is 9.82. The lowest BCUT2D eigenvalue weighted by Gasteiger charge is -2.30. The van der Waals surface area contributed by atoms with Gasteiger partial charge in [-0.3, -0.25) is 14.9 Å². The largest absolute Gasteiger partial charge is 0.379 e. The van der Waals surface area contributed by atoms with Crippen molar-refractivity contribution in [3.05, 3.63) is 69.8 Å². The number of aliphatic hydroxyl groups is 1. The minimum Gasteiger partial charge on any atom is -0.379 e. The normalized spacial score (nSPS) is 21.6. The second kappa shape index (κ2) is 9.81. The third kappa shape index (κ3) is 5.29. The highest BCUT2D eigenvalue weighted by Crippen LogP contribution is 2.32. The van der Waals surface area contributed by atoms with E-state index < -0.39 is 26.2 Å². The predicted octanol–water partition coefficient (Wildman–Crippen LogP) is 2.33. The summed E-state index contributed by atoms with van der Waals surface area (Å²) in [6.07, 6.45) is 3.88. The Hall–Kier alpha value is -2.82. The quantitative estimate of drug-likeness (QED) is 0.386. The van der Waals surface area contributed by atoms with E-state index in [1.54, 1.807) is 0 Å². The highest BCUT2D eigenvalue weighted by Gasteiger charge is 2.42. The summed E-state index contributed by atoms with van der Waals surface area (Å²) in [6, 6.07) is 13.0. The molecule has 34 heavy (non-hydrogen) atoms. The second-order valence-corrected chi connectivity index (χ2v) is 11.1. The molecule has 2 aliphatic rings. The van der Waals surface area contributed by atoms with Crippen molar-refractivity contribution in [2.45, 2.75) is 49.0 Å². The molecule has 10 heteroatoms. The summed E-state index contributed by atoms with van der Waals surface area (Å²) in [5.74, 6) is 0.0421. The molecule has 0 radical (unpaired) electrons. The van der Waals surface area contributed by atoms with Gasteiger partial charge in [0.25, 0.3) is 11.6 Å². The van der Waals surface area contributed by atoms with Crippen LogP contribution in [0.4, 0.5) is 5.69 Å². The number of nitrogens with one attached hydrogen (secondary N) is 2. The van der Waals surface area contributed by atoms with Crippen LogP contribution in [0.25, 0.3) is 0 Å². The Kier molecular flexibility index (Phi) is 7.01. The SMILES string of the molecule is O=C(NCC1CCC(CNS(=O)(=O)c2ccccc2[N+](=O)[O-])CC1)C1(O)Cc2ccccc2C1. The van der Waals surface area contributed by atoms with Gasteiger partial charge in [0.05, 0.1) is 4.92 Å². The summed E-state index contributed by atoms with van der Waals surface area (Å²) in [5, 5.41) is 24.9. The number of para-hydroxylation sites is 1. The van der Waals surface area contributed by atoms with Gasteiger partial charge < -0.3 is 10.4 Å². The van der Waals surface area contributed by atoms with Crippen LogP contribution in [0.1, 0.15) is 36.8 Å². The molecule has 0 saturated heterocycles. The summed E-state index contributed by atoms with van der Waals surface area (Å²) in [7, 11) is -3.99. The fraction of sp³-hybridized carbons (Fsp3) is 0.458. The van der Waals surface area contributed by atoms with Crippen LogP contribution in [0.5, 0.6) is 0 Å². The van der Waals surface area contributed by atoms with E-state index in [4.69, 9.17) is 0 Å². The number of nitro groups is 1. The van der Waals surface area contributed by atoms with Crippen molar-refractivity contribution in [1.82, 2.24) is 10.0 Å². The number of sulfonamides is 1. The first-order valence-corrected chi connectivity index (χ1v) is 13.0. The summed E-state index contributed by atoms with van der Waals surface area (Å²) < 4.78 is 27.7. The van der Waals surface area contributed by atoms with Gasteiger partial charge >= 0.3 is 0 Å². The van der Waals surface area contributed by atoms with Crippen LogP contribution in [0.2, 0.25) is 0 Å². The van der Waals surface area contributed by atoms with Crippen LogP contribution in [0.15, 0.2) is 53.4 Å². The molecular formula is C24H29N3O6S. The number of amides is 1. The van der Waals surface area contributed by atoms with Crippen LogP contribution < -0.4 is 10.0 Å². The molecule has 1 fully saturated rings. The van der Waals surface area contributed by atoms with Gasteiger partial charge in [-0.2, -0.15) is 0 Å². The number of nitrogens with zero attached hydrogens (tertiary/aromatic N) is 1. The van der Waals surface area contributed by atoms with E-state index in [2.05, 4.69) is 10.0 Å². The molecule has 1 amide bonds. The van der Waals surface area contributed by atoms with E-state index >= 15 is 0 Å². The monoisotopic (exact) mass is 487 g/mol. The number of carbonyl (C=O) groups is 1. The Bertz CT molecular complexity index is 1150. The van der Waals surface area contributed by atoms with E-state index in [0.717, 1.165) is 36.8 Å². The van der Waals surface area contributed by atoms with Crippen molar-refractivity contribution in [2.75, 3.05) is 13.1 Å². The van der Waals surface area contributed by atoms with Crippen LogP contribution >= 0.6 is 0 Å². The minimum atomic E-state index is -3.99. The third-order valence-corrected chi connectivity index (χ3v) is 8.41. The average molecular weight is 488 g/mol. The molecule has 2 aromatic rings. The summed E-state index contributed by atoms with van der Waals surface area (Å²) >= 11 is 0. The zero-order chi connectivity index (χ0) is 24.3. The molecule has 0 aromatic heterocycles. The summed E-state index contributed by atoms with van der Waals surface area (Å²) in [4.78, 5) is 22.8. The Labute approximate surface area is 198 Å². The van der Waals surface area contributed by atoms with E-state index in [1.807, 2.05) is 24.3 Å². The molecule has 0 spiro atoms. The standard InChI is InChI=1S/C24H29N3O6S/c28-23(24(29)13-19-5-1-2-6-20(19)14-24)25-15-17-9-11-18(12-10-17)16-26-34(32,33)22-8-4-3-7-21(22)27(30)31/h1-8,17-18,26,29H,9-16H2,(H,25,28). The van der Waals surface area contributed by atoms with E-state index in [0.29, 0.717) is 19.4 Å². The molecule has 0 bridgehead atoms. The van der Waals surface area contributed by atoms with Gasteiger partial charge in [-0.25, -0.2) is 13.1 Å². The second-order valence-electron chi connectivity index (χ2n) is 9.33. The minimum absolute atomic E-state index is 0.123. The molecule has 0 unspecified atom stereocenters. The van der Waals surface area contributed by atoms with Crippen molar-refractivity contribution in [3.63, 3.8) is 0 Å². The molecule has 3 N–H and O–H groups in total. The van der Waals surface area contributed by atoms with Crippen LogP contribution in [-0.4, -0.2) is 43.0 Å². The number of carbonyl (C=O) groups excluding carboxylic acids is 1. The average Bonchev–Trinajstić information content (AvgIpc) is 3.19. The number of benzene rings is 2. The highest BCUT2D eigenvalue weighted by molar-refractivity contribution is 7.89. The molecule has 2 aromatic carbocycles. The zero-order valence-corrected chi connectivity index (χ0v) is 19.6. The smallest absolute Gasteiger partial charge is 0.289 e. The number of hydrogen-bond donors (Lipinski definition) is 3. The van der Waals surface area contributed by atoms with Gasteiger partial charge in [-0.1, -0.05) is 36.4 Å². The molecule has 2 aliphatic carbocycles. The van der Waals surface area contributed by atoms with Crippen molar-refractivity contribution in [1.29, 1.82) is 0 Å². The van der Waals surface area contributed by atoms with Crippen LogP contribution in [-0.2, 0) is 27.7 Å². The molecule has 1 saturated carbocycles. The first-order valence-electron chi connectivity index (χ1n) is 11.5. The Morgan fingerprint density at radius 2 is 1.50 bits per heavy atom. The summed E-state index contributed by atoms with van der Waals surface area (Å²) in [5.41, 5.74) is 0.161. The fourth-order valence-electron chi connectivity index (χ4n) is 4.94. The van der Waals surface area contributed by atoms with Gasteiger partial charge in [0.1, 0.15) is 0 Å². The Balaban J connectivity index is 1.23. The van der Waals surface area contributed by atoms with Crippen molar-refractivity contribution in [3.8, 4) is 0 Å². The van der Waals surface area contributed by atoms with E-state index in [-0.39, 0.29) is 29.2 Å². The van der Waals surface area contributed by atoms with Gasteiger partial charge in [0.2, 0.25) is 10.0 Å². The van der Waals surface area contributed by atoms with Gasteiger partial charge in [-0.05, 0) is 54.7 Å². The Morgan fingerprint density at radius 1 is 0.971 bits per heavy atom. The lowest BCUT2D eigenvalue weighted by Crippen LogP contribution is -2.49. The number of fused-ring (bicyclic) bond motifs is 1. The van der Waals surface area contributed by atoms with Gasteiger partial charge in [0.15, 0.2) is 10.5 Å². The molecular weight excluding hydrogens is 458 g/mol. The number of hydrogen-bond acceptors (Lipinski definition) is 6. The van der Waals surface area contributed by atoms with Crippen molar-refractivity contribution in [2.24, 2.45) is 11.8 Å². The maximum atomic E-state index is 12.7. The molecule has 0 aliphatic heterocycles. The molecule has 4 rings (SSSR count). The third-order valence-electron chi connectivity index (χ3n) is 6.94. The molecule has 182 valence electrons. The van der Waals surface area contributed by atoms with E-state index in [1.165, 1.54) is 24.3 Å². The number of nitro benzene ring substituents is 1. The maximum absolute atomic E-state index is 12.7. The lowest BCUT2D eigenvalue weighted by molar-refractivity contribution is -0.387.